The van der Waals surface area contributed by atoms with Gasteiger partial charge in [0, 0.05) is 23.4 Å². The van der Waals surface area contributed by atoms with E-state index in [4.69, 9.17) is 11.6 Å². The van der Waals surface area contributed by atoms with Crippen molar-refractivity contribution >= 4 is 44.3 Å². The van der Waals surface area contributed by atoms with Gasteiger partial charge in [-0.05, 0) is 16.9 Å². The molecule has 0 bridgehead atoms. The Hall–Kier alpha value is -0.990. The number of rotatable bonds is 6. The van der Waals surface area contributed by atoms with Crippen molar-refractivity contribution in [2.75, 3.05) is 12.4 Å². The number of hydrogen-bond donors (Lipinski definition) is 0. The van der Waals surface area contributed by atoms with Gasteiger partial charge in [0.05, 0.1) is 4.92 Å². The lowest BCUT2D eigenvalue weighted by atomic mass is 10.4. The van der Waals surface area contributed by atoms with Gasteiger partial charge in [-0.15, -0.1) is 0 Å². The van der Waals surface area contributed by atoms with Crippen LogP contribution in [0, 0.1) is 10.1 Å². The summed E-state index contributed by atoms with van der Waals surface area (Å²) in [6, 6.07) is 2.94. The van der Waals surface area contributed by atoms with Crippen LogP contribution in [-0.2, 0) is 4.74 Å². The van der Waals surface area contributed by atoms with E-state index in [1.54, 1.807) is 6.07 Å². The number of carbonyl (C=O) groups excluding carboxylic acids is 1. The van der Waals surface area contributed by atoms with E-state index in [1.807, 2.05) is 0 Å². The van der Waals surface area contributed by atoms with Crippen LogP contribution in [0.25, 0.3) is 0 Å². The Bertz CT molecular complexity index is 401. The highest BCUT2D eigenvalue weighted by Gasteiger charge is 2.05. The van der Waals surface area contributed by atoms with E-state index in [0.29, 0.717) is 10.8 Å². The molecule has 0 spiro atoms. The average molecular weight is 295 g/mol. The molecule has 6 nitrogen and oxygen atoms in total. The Kier molecular flexibility index (Phi) is 6.09. The van der Waals surface area contributed by atoms with Gasteiger partial charge < -0.3 is 4.74 Å². The van der Waals surface area contributed by atoms with Crippen molar-refractivity contribution in [2.45, 2.75) is 5.03 Å². The minimum absolute atomic E-state index is 0.0459. The second-order valence-electron chi connectivity index (χ2n) is 2.60. The molecule has 0 amide bonds. The van der Waals surface area contributed by atoms with Gasteiger partial charge in [0.25, 0.3) is 5.69 Å². The molecule has 0 aromatic carbocycles. The maximum Gasteiger partial charge on any atom is 0.403 e. The van der Waals surface area contributed by atoms with E-state index in [0.717, 1.165) is 0 Å². The third kappa shape index (κ3) is 5.76. The summed E-state index contributed by atoms with van der Waals surface area (Å²) in [6.07, 6.45) is 1.20. The van der Waals surface area contributed by atoms with Crippen LogP contribution in [-0.4, -0.2) is 27.7 Å². The molecular weight excluding hydrogens is 288 g/mol. The van der Waals surface area contributed by atoms with Crippen molar-refractivity contribution < 1.29 is 14.5 Å². The molecule has 17 heavy (non-hydrogen) atoms. The summed E-state index contributed by atoms with van der Waals surface area (Å²) >= 11 is 4.97. The average Bonchev–Trinajstić information content (AvgIpc) is 2.29. The van der Waals surface area contributed by atoms with Crippen molar-refractivity contribution in [3.63, 3.8) is 0 Å². The first-order chi connectivity index (χ1) is 8.09. The molecule has 1 aromatic rings. The van der Waals surface area contributed by atoms with E-state index in [9.17, 15) is 14.9 Å². The molecule has 92 valence electrons. The summed E-state index contributed by atoms with van der Waals surface area (Å²) in [5.74, 6) is 0.557. The van der Waals surface area contributed by atoms with E-state index < -0.39 is 10.4 Å². The second-order valence-corrected chi connectivity index (χ2v) is 5.35. The molecule has 0 atom stereocenters. The van der Waals surface area contributed by atoms with Crippen molar-refractivity contribution in [1.82, 2.24) is 4.98 Å². The zero-order valence-electron chi connectivity index (χ0n) is 8.37. The van der Waals surface area contributed by atoms with Crippen molar-refractivity contribution in [3.05, 3.63) is 28.4 Å². The quantitative estimate of drug-likeness (QED) is 0.262. The first kappa shape index (κ1) is 14.1. The van der Waals surface area contributed by atoms with Gasteiger partial charge in [-0.1, -0.05) is 10.8 Å². The molecule has 1 rings (SSSR count). The van der Waals surface area contributed by atoms with Crippen LogP contribution >= 0.6 is 33.2 Å². The second kappa shape index (κ2) is 7.36. The fourth-order valence-electron chi connectivity index (χ4n) is 0.788. The van der Waals surface area contributed by atoms with Crippen molar-refractivity contribution in [1.29, 1.82) is 0 Å². The summed E-state index contributed by atoms with van der Waals surface area (Å²) in [6.45, 7) is 0.215. The summed E-state index contributed by atoms with van der Waals surface area (Å²) < 4.78 is 4.51. The van der Waals surface area contributed by atoms with Gasteiger partial charge in [0.2, 0.25) is 0 Å². The molecule has 0 N–H and O–H groups in total. The molecule has 1 heterocycles. The van der Waals surface area contributed by atoms with Gasteiger partial charge in [-0.2, -0.15) is 0 Å². The summed E-state index contributed by atoms with van der Waals surface area (Å²) in [4.78, 5) is 24.0. The number of hydrogen-bond acceptors (Lipinski definition) is 7. The van der Waals surface area contributed by atoms with Crippen molar-refractivity contribution in [3.8, 4) is 0 Å². The standard InChI is InChI=1S/C8H7ClN2O4S2/c9-8(12)15-3-4-16-17-7-2-1-6(5-10-7)11(13)14/h1-2,5H,3-4H2. The minimum Gasteiger partial charge on any atom is -0.453 e. The zero-order valence-corrected chi connectivity index (χ0v) is 10.8. The molecule has 0 fully saturated rings. The van der Waals surface area contributed by atoms with Gasteiger partial charge >= 0.3 is 5.43 Å². The topological polar surface area (TPSA) is 82.3 Å². The lowest BCUT2D eigenvalue weighted by Gasteiger charge is -2.00. The van der Waals surface area contributed by atoms with Crippen LogP contribution in [0.1, 0.15) is 0 Å². The molecule has 0 aliphatic heterocycles. The van der Waals surface area contributed by atoms with E-state index in [2.05, 4.69) is 9.72 Å². The van der Waals surface area contributed by atoms with Crippen LogP contribution < -0.4 is 0 Å². The molecule has 0 saturated carbocycles. The number of nitro groups is 1. The smallest absolute Gasteiger partial charge is 0.403 e. The molecular formula is C8H7ClN2O4S2. The van der Waals surface area contributed by atoms with Crippen LogP contribution in [0.15, 0.2) is 23.4 Å². The lowest BCUT2D eigenvalue weighted by Crippen LogP contribution is -1.97. The number of aromatic nitrogens is 1. The predicted molar refractivity (Wildman–Crippen MR) is 66.4 cm³/mol. The molecule has 0 saturated heterocycles. The third-order valence-corrected chi connectivity index (χ3v) is 3.80. The Morgan fingerprint density at radius 2 is 2.35 bits per heavy atom. The third-order valence-electron chi connectivity index (χ3n) is 1.46. The maximum atomic E-state index is 10.4. The highest BCUT2D eigenvalue weighted by Crippen LogP contribution is 2.29. The SMILES string of the molecule is O=C(Cl)OCCSSc1ccc([N+](=O)[O-])cn1. The first-order valence-corrected chi connectivity index (χ1v) is 7.01. The van der Waals surface area contributed by atoms with Gasteiger partial charge in [-0.3, -0.25) is 10.1 Å². The van der Waals surface area contributed by atoms with Crippen LogP contribution in [0.4, 0.5) is 10.5 Å². The highest BCUT2D eigenvalue weighted by atomic mass is 35.5. The van der Waals surface area contributed by atoms with E-state index >= 15 is 0 Å². The predicted octanol–water partition coefficient (Wildman–Crippen LogP) is 3.11. The Morgan fingerprint density at radius 1 is 1.59 bits per heavy atom. The van der Waals surface area contributed by atoms with Gasteiger partial charge in [0.1, 0.15) is 17.8 Å². The highest BCUT2D eigenvalue weighted by molar-refractivity contribution is 8.76. The van der Waals surface area contributed by atoms with Crippen LogP contribution in [0.3, 0.4) is 0 Å². The lowest BCUT2D eigenvalue weighted by molar-refractivity contribution is -0.385. The monoisotopic (exact) mass is 294 g/mol. The number of nitrogens with zero attached hydrogens (tertiary/aromatic N) is 2. The summed E-state index contributed by atoms with van der Waals surface area (Å²) in [5, 5.41) is 11.0. The van der Waals surface area contributed by atoms with Gasteiger partial charge in [0.15, 0.2) is 0 Å². The normalized spacial score (nSPS) is 9.94. The molecule has 0 aliphatic carbocycles. The Morgan fingerprint density at radius 3 is 2.88 bits per heavy atom. The summed E-state index contributed by atoms with van der Waals surface area (Å²) in [7, 11) is 2.75. The molecule has 0 radical (unpaired) electrons. The number of halogens is 1. The van der Waals surface area contributed by atoms with Crippen LogP contribution in [0.2, 0.25) is 0 Å². The Labute approximate surface area is 110 Å². The number of ether oxygens (including phenoxy) is 1. The Balaban J connectivity index is 2.27. The molecule has 9 heteroatoms. The van der Waals surface area contributed by atoms with E-state index in [1.165, 1.54) is 33.9 Å². The van der Waals surface area contributed by atoms with Crippen molar-refractivity contribution in [2.24, 2.45) is 0 Å². The fraction of sp³-hybridized carbons (Fsp3) is 0.250. The fourth-order valence-corrected chi connectivity index (χ4v) is 2.55. The minimum atomic E-state index is -0.830. The van der Waals surface area contributed by atoms with Gasteiger partial charge in [-0.25, -0.2) is 9.78 Å². The zero-order chi connectivity index (χ0) is 12.7. The number of carbonyl (C=O) groups is 1. The summed E-state index contributed by atoms with van der Waals surface area (Å²) in [5.41, 5.74) is -0.875. The molecule has 0 unspecified atom stereocenters. The van der Waals surface area contributed by atoms with E-state index in [-0.39, 0.29) is 12.3 Å². The molecule has 1 aromatic heterocycles. The first-order valence-electron chi connectivity index (χ1n) is 4.32. The van der Waals surface area contributed by atoms with Crippen LogP contribution in [0.5, 0.6) is 0 Å². The number of pyridine rings is 1. The maximum absolute atomic E-state index is 10.4. The molecule has 0 aliphatic rings. The largest absolute Gasteiger partial charge is 0.453 e.